The summed E-state index contributed by atoms with van der Waals surface area (Å²) < 4.78 is 20.9. The molecule has 0 atom stereocenters. The second-order valence-electron chi connectivity index (χ2n) is 6.40. The highest BCUT2D eigenvalue weighted by atomic mass is 16.6. The van der Waals surface area contributed by atoms with E-state index in [9.17, 15) is 9.59 Å². The number of rotatable bonds is 15. The van der Waals surface area contributed by atoms with Gasteiger partial charge in [-0.2, -0.15) is 0 Å². The molecule has 1 saturated heterocycles. The second-order valence-corrected chi connectivity index (χ2v) is 6.40. The molecule has 0 radical (unpaired) electrons. The van der Waals surface area contributed by atoms with Crippen molar-refractivity contribution in [3.8, 4) is 0 Å². The summed E-state index contributed by atoms with van der Waals surface area (Å²) in [6.45, 7) is 11.4. The van der Waals surface area contributed by atoms with Gasteiger partial charge in [-0.15, -0.1) is 0 Å². The van der Waals surface area contributed by atoms with E-state index in [1.54, 1.807) is 14.0 Å². The Morgan fingerprint density at radius 2 is 1.39 bits per heavy atom. The number of methoxy groups -OCH3 is 1. The number of nitrogens with zero attached hydrogens (tertiary/aromatic N) is 1. The lowest BCUT2D eigenvalue weighted by atomic mass is 10.0. The molecule has 1 N–H and O–H groups in total. The lowest BCUT2D eigenvalue weighted by Gasteiger charge is -2.31. The first-order valence-electron chi connectivity index (χ1n) is 10.3. The normalized spacial score (nSPS) is 15.0. The van der Waals surface area contributed by atoms with Crippen molar-refractivity contribution in [1.82, 2.24) is 10.2 Å². The van der Waals surface area contributed by atoms with Gasteiger partial charge in [0, 0.05) is 32.7 Å². The summed E-state index contributed by atoms with van der Waals surface area (Å²) in [4.78, 5) is 25.2. The lowest BCUT2D eigenvalue weighted by Crippen LogP contribution is -2.45. The van der Waals surface area contributed by atoms with Crippen LogP contribution in [-0.2, 0) is 28.5 Å². The minimum atomic E-state index is 0.0162. The summed E-state index contributed by atoms with van der Waals surface area (Å²) in [5, 5.41) is 3.04. The van der Waals surface area contributed by atoms with Crippen LogP contribution in [0.2, 0.25) is 0 Å². The van der Waals surface area contributed by atoms with Gasteiger partial charge in [-0.05, 0) is 19.8 Å². The molecule has 1 fully saturated rings. The standard InChI is InChI=1S/C18H34N2O6.C2H6/c1-16(21)15-20-6-3-17(4-7-20)19-18(22)5-8-24-11-12-26-14-13-25-10-9-23-2;1-2/h17H,3-15H2,1-2H3,(H,19,22);1-2H3. The third-order valence-corrected chi connectivity index (χ3v) is 4.05. The number of Topliss-reactive ketones (excluding diaryl/α,β-unsaturated/α-hetero) is 1. The van der Waals surface area contributed by atoms with E-state index in [0.29, 0.717) is 59.2 Å². The molecule has 1 amide bonds. The van der Waals surface area contributed by atoms with Crippen LogP contribution in [0, 0.1) is 0 Å². The van der Waals surface area contributed by atoms with Gasteiger partial charge < -0.3 is 24.3 Å². The number of likely N-dealkylation sites (tertiary alicyclic amines) is 1. The van der Waals surface area contributed by atoms with Gasteiger partial charge in [-0.1, -0.05) is 13.8 Å². The average molecular weight is 405 g/mol. The minimum absolute atomic E-state index is 0.0162. The number of hydrogen-bond donors (Lipinski definition) is 1. The van der Waals surface area contributed by atoms with Crippen LogP contribution in [0.15, 0.2) is 0 Å². The number of carbonyl (C=O) groups excluding carboxylic acids is 2. The fourth-order valence-electron chi connectivity index (χ4n) is 2.70. The topological polar surface area (TPSA) is 86.3 Å². The molecule has 8 heteroatoms. The van der Waals surface area contributed by atoms with E-state index < -0.39 is 0 Å². The van der Waals surface area contributed by atoms with Crippen molar-refractivity contribution in [3.05, 3.63) is 0 Å². The number of amides is 1. The van der Waals surface area contributed by atoms with Gasteiger partial charge in [0.25, 0.3) is 0 Å². The Kier molecular flexibility index (Phi) is 18.5. The first-order chi connectivity index (χ1) is 13.6. The fraction of sp³-hybridized carbons (Fsp3) is 0.900. The minimum Gasteiger partial charge on any atom is -0.382 e. The summed E-state index contributed by atoms with van der Waals surface area (Å²) in [6, 6.07) is 0.201. The van der Waals surface area contributed by atoms with Gasteiger partial charge in [0.15, 0.2) is 0 Å². The van der Waals surface area contributed by atoms with Crippen LogP contribution < -0.4 is 5.32 Å². The molecule has 8 nitrogen and oxygen atoms in total. The van der Waals surface area contributed by atoms with Gasteiger partial charge in [0.1, 0.15) is 5.78 Å². The summed E-state index contributed by atoms with van der Waals surface area (Å²) in [6.07, 6.45) is 2.13. The van der Waals surface area contributed by atoms with Gasteiger partial charge in [-0.25, -0.2) is 0 Å². The zero-order valence-corrected chi connectivity index (χ0v) is 18.2. The molecule has 28 heavy (non-hydrogen) atoms. The predicted molar refractivity (Wildman–Crippen MR) is 109 cm³/mol. The molecule has 0 aromatic rings. The predicted octanol–water partition coefficient (Wildman–Crippen LogP) is 1.27. The third kappa shape index (κ3) is 15.9. The Balaban J connectivity index is 0.00000352. The smallest absolute Gasteiger partial charge is 0.222 e. The molecule has 1 aliphatic rings. The first-order valence-corrected chi connectivity index (χ1v) is 10.3. The molecule has 0 unspecified atom stereocenters. The Morgan fingerprint density at radius 3 is 1.89 bits per heavy atom. The molecule has 1 rings (SSSR count). The Labute approximate surface area is 170 Å². The molecule has 0 aromatic heterocycles. The number of piperidine rings is 1. The number of hydrogen-bond acceptors (Lipinski definition) is 7. The molecule has 0 aliphatic carbocycles. The highest BCUT2D eigenvalue weighted by Gasteiger charge is 2.20. The van der Waals surface area contributed by atoms with Crippen molar-refractivity contribution < 1.29 is 28.5 Å². The Hall–Kier alpha value is -1.06. The van der Waals surface area contributed by atoms with E-state index in [-0.39, 0.29) is 17.7 Å². The summed E-state index contributed by atoms with van der Waals surface area (Å²) in [5.74, 6) is 0.203. The van der Waals surface area contributed by atoms with E-state index in [0.717, 1.165) is 25.9 Å². The van der Waals surface area contributed by atoms with E-state index >= 15 is 0 Å². The average Bonchev–Trinajstić information content (AvgIpc) is 2.69. The third-order valence-electron chi connectivity index (χ3n) is 4.05. The Bertz CT molecular complexity index is 387. The molecule has 1 heterocycles. The molecule has 0 bridgehead atoms. The fourth-order valence-corrected chi connectivity index (χ4v) is 2.70. The highest BCUT2D eigenvalue weighted by Crippen LogP contribution is 2.10. The second kappa shape index (κ2) is 19.3. The SMILES string of the molecule is CC.COCCOCCOCCOCCC(=O)NC1CCN(CC(C)=O)CC1. The molecule has 1 aliphatic heterocycles. The summed E-state index contributed by atoms with van der Waals surface area (Å²) >= 11 is 0. The highest BCUT2D eigenvalue weighted by molar-refractivity contribution is 5.77. The van der Waals surface area contributed by atoms with Crippen LogP contribution in [0.25, 0.3) is 0 Å². The zero-order valence-electron chi connectivity index (χ0n) is 18.2. The summed E-state index contributed by atoms with van der Waals surface area (Å²) in [5.41, 5.74) is 0. The van der Waals surface area contributed by atoms with Crippen molar-refractivity contribution in [2.24, 2.45) is 0 Å². The van der Waals surface area contributed by atoms with Gasteiger partial charge >= 0.3 is 0 Å². The van der Waals surface area contributed by atoms with Crippen LogP contribution in [-0.4, -0.2) is 95.6 Å². The first kappa shape index (κ1) is 26.9. The maximum Gasteiger partial charge on any atom is 0.222 e. The van der Waals surface area contributed by atoms with E-state index in [1.807, 2.05) is 13.8 Å². The molecule has 0 aromatic carbocycles. The molecule has 166 valence electrons. The molecular weight excluding hydrogens is 364 g/mol. The van der Waals surface area contributed by atoms with Gasteiger partial charge in [0.05, 0.1) is 52.8 Å². The quantitative estimate of drug-likeness (QED) is 0.411. The van der Waals surface area contributed by atoms with Crippen LogP contribution in [0.3, 0.4) is 0 Å². The van der Waals surface area contributed by atoms with Crippen molar-refractivity contribution in [2.75, 3.05) is 73.0 Å². The summed E-state index contributed by atoms with van der Waals surface area (Å²) in [7, 11) is 1.64. The van der Waals surface area contributed by atoms with Crippen LogP contribution in [0.1, 0.15) is 40.0 Å². The van der Waals surface area contributed by atoms with Gasteiger partial charge in [-0.3, -0.25) is 14.5 Å². The number of ether oxygens (including phenoxy) is 4. The van der Waals surface area contributed by atoms with E-state index in [1.165, 1.54) is 0 Å². The van der Waals surface area contributed by atoms with Crippen LogP contribution in [0.5, 0.6) is 0 Å². The lowest BCUT2D eigenvalue weighted by molar-refractivity contribution is -0.124. The number of ketones is 1. The van der Waals surface area contributed by atoms with Crippen molar-refractivity contribution >= 4 is 11.7 Å². The number of carbonyl (C=O) groups is 2. The van der Waals surface area contributed by atoms with Crippen LogP contribution in [0.4, 0.5) is 0 Å². The largest absolute Gasteiger partial charge is 0.382 e. The monoisotopic (exact) mass is 404 g/mol. The maximum absolute atomic E-state index is 11.9. The number of nitrogens with one attached hydrogen (secondary N) is 1. The van der Waals surface area contributed by atoms with Gasteiger partial charge in [0.2, 0.25) is 5.91 Å². The Morgan fingerprint density at radius 1 is 0.893 bits per heavy atom. The van der Waals surface area contributed by atoms with E-state index in [4.69, 9.17) is 18.9 Å². The van der Waals surface area contributed by atoms with Crippen molar-refractivity contribution in [2.45, 2.75) is 46.1 Å². The van der Waals surface area contributed by atoms with Crippen LogP contribution >= 0.6 is 0 Å². The van der Waals surface area contributed by atoms with Crippen molar-refractivity contribution in [1.29, 1.82) is 0 Å². The van der Waals surface area contributed by atoms with E-state index in [2.05, 4.69) is 10.2 Å². The maximum atomic E-state index is 11.9. The zero-order chi connectivity index (χ0) is 21.0. The molecular formula is C20H40N2O6. The molecule has 0 saturated carbocycles. The van der Waals surface area contributed by atoms with Crippen molar-refractivity contribution in [3.63, 3.8) is 0 Å². The molecule has 0 spiro atoms.